The highest BCUT2D eigenvalue weighted by Crippen LogP contribution is 2.42. The molecule has 0 aliphatic carbocycles. The summed E-state index contributed by atoms with van der Waals surface area (Å²) in [6.07, 6.45) is 0. The SMILES string of the molecule is CC.CC.Cc1cc(-c2cccc(-c3cc(C)cc(-c4cccc(-c5cccc6c5sc5ccccc56)c4)c3)c2)cc(-c2cccc(-c3cc4ccccc4c4ccccc34)c2)c1. The molecule has 0 nitrogen and oxygen atoms in total. The lowest BCUT2D eigenvalue weighted by molar-refractivity contribution is 1.45. The topological polar surface area (TPSA) is 0 Å². The number of aryl methyl sites for hydroxylation is 2. The fourth-order valence-corrected chi connectivity index (χ4v) is 10.3. The number of thiophene rings is 1. The zero-order chi connectivity index (χ0) is 43.5. The van der Waals surface area contributed by atoms with Crippen LogP contribution in [-0.4, -0.2) is 0 Å². The monoisotopic (exact) mass is 828 g/mol. The maximum Gasteiger partial charge on any atom is 0.0433 e. The van der Waals surface area contributed by atoms with Gasteiger partial charge in [0.1, 0.15) is 0 Å². The molecule has 0 saturated carbocycles. The van der Waals surface area contributed by atoms with Crippen molar-refractivity contribution in [1.29, 1.82) is 0 Å². The standard InChI is InChI=1S/C58H40S.2C2H6/c1-37-27-46(34-48(29-37)41-16-10-18-43(32-41)51-24-12-25-55-54-23-7-8-26-57(54)59-58(51)55)39-14-9-15-40(31-39)47-28-38(2)30-49(35-47)42-17-11-19-44(33-42)56-36-45-13-3-4-20-50(45)52-21-5-6-22-53(52)56;2*1-2/h3-36H,1-2H3;2*1-2H3. The highest BCUT2D eigenvalue weighted by atomic mass is 32.1. The average Bonchev–Trinajstić information content (AvgIpc) is 3.74. The second-order valence-corrected chi connectivity index (χ2v) is 16.9. The molecule has 0 aliphatic rings. The van der Waals surface area contributed by atoms with E-state index in [9.17, 15) is 0 Å². The van der Waals surface area contributed by atoms with Gasteiger partial charge in [0.05, 0.1) is 0 Å². The van der Waals surface area contributed by atoms with Crippen molar-refractivity contribution in [2.75, 3.05) is 0 Å². The molecule has 0 spiro atoms. The van der Waals surface area contributed by atoms with Gasteiger partial charge in [-0.2, -0.15) is 0 Å². The number of rotatable bonds is 6. The van der Waals surface area contributed by atoms with Crippen molar-refractivity contribution in [1.82, 2.24) is 0 Å². The van der Waals surface area contributed by atoms with Gasteiger partial charge < -0.3 is 0 Å². The molecule has 10 aromatic carbocycles. The molecule has 0 fully saturated rings. The maximum absolute atomic E-state index is 2.36. The van der Waals surface area contributed by atoms with E-state index in [4.69, 9.17) is 0 Å². The third kappa shape index (κ3) is 8.09. The summed E-state index contributed by atoms with van der Waals surface area (Å²) in [6.45, 7) is 12.4. The van der Waals surface area contributed by atoms with Crippen LogP contribution in [0.5, 0.6) is 0 Å². The first kappa shape index (κ1) is 41.3. The molecular weight excluding hydrogens is 777 g/mol. The maximum atomic E-state index is 2.36. The van der Waals surface area contributed by atoms with E-state index in [2.05, 4.69) is 220 Å². The summed E-state index contributed by atoms with van der Waals surface area (Å²) >= 11 is 1.89. The molecule has 1 heteroatoms. The number of hydrogen-bond acceptors (Lipinski definition) is 1. The molecule has 11 rings (SSSR count). The van der Waals surface area contributed by atoms with Gasteiger partial charge in [-0.15, -0.1) is 11.3 Å². The fourth-order valence-electron chi connectivity index (χ4n) is 9.11. The van der Waals surface area contributed by atoms with Crippen LogP contribution in [0.2, 0.25) is 0 Å². The minimum Gasteiger partial charge on any atom is -0.135 e. The van der Waals surface area contributed by atoms with Crippen molar-refractivity contribution in [3.05, 3.63) is 217 Å². The molecular formula is C62H52S. The molecule has 0 bridgehead atoms. The molecule has 0 unspecified atom stereocenters. The number of hydrogen-bond donors (Lipinski definition) is 0. The Morgan fingerprint density at radius 1 is 0.270 bits per heavy atom. The minimum absolute atomic E-state index is 1.21. The molecule has 1 aromatic heterocycles. The van der Waals surface area contributed by atoms with Gasteiger partial charge in [-0.1, -0.05) is 191 Å². The predicted octanol–water partition coefficient (Wildman–Crippen LogP) is 19.0. The van der Waals surface area contributed by atoms with Crippen LogP contribution >= 0.6 is 11.3 Å². The van der Waals surface area contributed by atoms with Crippen LogP contribution in [0.4, 0.5) is 0 Å². The van der Waals surface area contributed by atoms with Gasteiger partial charge in [-0.05, 0) is 156 Å². The first-order valence-corrected chi connectivity index (χ1v) is 23.2. The summed E-state index contributed by atoms with van der Waals surface area (Å²) in [7, 11) is 0. The Morgan fingerprint density at radius 3 is 1.24 bits per heavy atom. The Morgan fingerprint density at radius 2 is 0.667 bits per heavy atom. The summed E-state index contributed by atoms with van der Waals surface area (Å²) in [6, 6.07) is 76.4. The van der Waals surface area contributed by atoms with E-state index in [0.717, 1.165) is 0 Å². The van der Waals surface area contributed by atoms with Gasteiger partial charge in [0.25, 0.3) is 0 Å². The lowest BCUT2D eigenvalue weighted by Crippen LogP contribution is -1.89. The van der Waals surface area contributed by atoms with E-state index in [-0.39, 0.29) is 0 Å². The van der Waals surface area contributed by atoms with Gasteiger partial charge in [-0.3, -0.25) is 0 Å². The van der Waals surface area contributed by atoms with Gasteiger partial charge >= 0.3 is 0 Å². The van der Waals surface area contributed by atoms with Crippen molar-refractivity contribution in [3.63, 3.8) is 0 Å². The molecule has 0 amide bonds. The second-order valence-electron chi connectivity index (χ2n) is 15.9. The van der Waals surface area contributed by atoms with E-state index in [1.807, 2.05) is 39.0 Å². The van der Waals surface area contributed by atoms with Gasteiger partial charge in [0.2, 0.25) is 0 Å². The van der Waals surface area contributed by atoms with E-state index in [1.165, 1.54) is 120 Å². The van der Waals surface area contributed by atoms with Crippen molar-refractivity contribution in [3.8, 4) is 66.8 Å². The van der Waals surface area contributed by atoms with Crippen LogP contribution < -0.4 is 0 Å². The van der Waals surface area contributed by atoms with Crippen LogP contribution in [-0.2, 0) is 0 Å². The molecule has 0 radical (unpaired) electrons. The Kier molecular flexibility index (Phi) is 11.9. The Labute approximate surface area is 376 Å². The van der Waals surface area contributed by atoms with Crippen molar-refractivity contribution < 1.29 is 0 Å². The Balaban J connectivity index is 0.00000123. The number of fused-ring (bicyclic) bond motifs is 6. The van der Waals surface area contributed by atoms with E-state index >= 15 is 0 Å². The highest BCUT2D eigenvalue weighted by Gasteiger charge is 2.14. The summed E-state index contributed by atoms with van der Waals surface area (Å²) < 4.78 is 2.68. The summed E-state index contributed by atoms with van der Waals surface area (Å²) in [5.74, 6) is 0. The normalized spacial score (nSPS) is 11.0. The Hall–Kier alpha value is -7.06. The van der Waals surface area contributed by atoms with Crippen molar-refractivity contribution >= 4 is 53.1 Å². The highest BCUT2D eigenvalue weighted by molar-refractivity contribution is 7.26. The lowest BCUT2D eigenvalue weighted by Gasteiger charge is -2.14. The first-order chi connectivity index (χ1) is 31.0. The fraction of sp³-hybridized carbons (Fsp3) is 0.0968. The van der Waals surface area contributed by atoms with Crippen molar-refractivity contribution in [2.24, 2.45) is 0 Å². The van der Waals surface area contributed by atoms with Gasteiger partial charge in [-0.25, -0.2) is 0 Å². The molecule has 0 atom stereocenters. The molecule has 63 heavy (non-hydrogen) atoms. The van der Waals surface area contributed by atoms with Gasteiger partial charge in [0, 0.05) is 20.2 Å². The minimum atomic E-state index is 1.21. The van der Waals surface area contributed by atoms with E-state index in [0.29, 0.717) is 0 Å². The smallest absolute Gasteiger partial charge is 0.0433 e. The lowest BCUT2D eigenvalue weighted by atomic mass is 9.90. The molecule has 0 saturated heterocycles. The third-order valence-corrected chi connectivity index (χ3v) is 13.1. The summed E-state index contributed by atoms with van der Waals surface area (Å²) in [5.41, 5.74) is 17.3. The Bertz CT molecular complexity index is 3420. The molecule has 11 aromatic rings. The first-order valence-electron chi connectivity index (χ1n) is 22.4. The molecule has 306 valence electrons. The van der Waals surface area contributed by atoms with Crippen LogP contribution in [0.3, 0.4) is 0 Å². The number of benzene rings is 10. The van der Waals surface area contributed by atoms with Crippen LogP contribution in [0, 0.1) is 13.8 Å². The van der Waals surface area contributed by atoms with Crippen molar-refractivity contribution in [2.45, 2.75) is 41.5 Å². The van der Waals surface area contributed by atoms with Gasteiger partial charge in [0.15, 0.2) is 0 Å². The summed E-state index contributed by atoms with van der Waals surface area (Å²) in [5, 5.41) is 7.79. The average molecular weight is 829 g/mol. The van der Waals surface area contributed by atoms with Crippen LogP contribution in [0.25, 0.3) is 108 Å². The van der Waals surface area contributed by atoms with E-state index in [1.54, 1.807) is 0 Å². The largest absolute Gasteiger partial charge is 0.135 e. The predicted molar refractivity (Wildman–Crippen MR) is 279 cm³/mol. The zero-order valence-electron chi connectivity index (χ0n) is 37.0. The molecule has 0 aliphatic heterocycles. The zero-order valence-corrected chi connectivity index (χ0v) is 37.9. The van der Waals surface area contributed by atoms with E-state index < -0.39 is 0 Å². The second kappa shape index (κ2) is 18.1. The summed E-state index contributed by atoms with van der Waals surface area (Å²) in [4.78, 5) is 0. The quantitative estimate of drug-likeness (QED) is 0.147. The van der Waals surface area contributed by atoms with Crippen LogP contribution in [0.1, 0.15) is 38.8 Å². The molecule has 1 heterocycles. The third-order valence-electron chi connectivity index (χ3n) is 11.9. The van der Waals surface area contributed by atoms with Crippen LogP contribution in [0.15, 0.2) is 206 Å². The molecule has 0 N–H and O–H groups in total.